The molecular formula is C15H16N2O2S. The molecule has 104 valence electrons. The third-order valence-corrected chi connectivity index (χ3v) is 3.97. The van der Waals surface area contributed by atoms with Crippen LogP contribution in [0.25, 0.3) is 0 Å². The van der Waals surface area contributed by atoms with E-state index in [9.17, 15) is 9.59 Å². The minimum absolute atomic E-state index is 0.0399. The highest BCUT2D eigenvalue weighted by molar-refractivity contribution is 7.10. The number of hydrogen-bond acceptors (Lipinski definition) is 4. The Morgan fingerprint density at radius 2 is 2.05 bits per heavy atom. The monoisotopic (exact) mass is 288 g/mol. The van der Waals surface area contributed by atoms with Gasteiger partial charge in [-0.2, -0.15) is 0 Å². The first-order chi connectivity index (χ1) is 9.63. The van der Waals surface area contributed by atoms with E-state index in [1.54, 1.807) is 35.6 Å². The van der Waals surface area contributed by atoms with Gasteiger partial charge in [0, 0.05) is 21.5 Å². The number of amides is 1. The molecule has 3 N–H and O–H groups in total. The molecule has 0 aliphatic heterocycles. The average molecular weight is 288 g/mol. The second-order valence-corrected chi connectivity index (χ2v) is 5.31. The molecule has 0 fully saturated rings. The third kappa shape index (κ3) is 3.31. The summed E-state index contributed by atoms with van der Waals surface area (Å²) in [4.78, 5) is 24.8. The number of carbonyl (C=O) groups is 2. The van der Waals surface area contributed by atoms with Crippen LogP contribution in [0.5, 0.6) is 0 Å². The van der Waals surface area contributed by atoms with Gasteiger partial charge in [0.2, 0.25) is 0 Å². The number of nitrogens with two attached hydrogens (primary N) is 1. The molecule has 20 heavy (non-hydrogen) atoms. The fourth-order valence-electron chi connectivity index (χ4n) is 1.78. The van der Waals surface area contributed by atoms with Gasteiger partial charge >= 0.3 is 0 Å². The van der Waals surface area contributed by atoms with Crippen molar-refractivity contribution in [2.24, 2.45) is 5.73 Å². The number of nitrogens with one attached hydrogen (secondary N) is 1. The molecule has 0 saturated heterocycles. The van der Waals surface area contributed by atoms with Gasteiger partial charge in [0.1, 0.15) is 0 Å². The Kier molecular flexibility index (Phi) is 4.65. The molecule has 0 radical (unpaired) electrons. The van der Waals surface area contributed by atoms with Crippen molar-refractivity contribution in [3.63, 3.8) is 0 Å². The summed E-state index contributed by atoms with van der Waals surface area (Å²) in [6, 6.07) is 8.68. The lowest BCUT2D eigenvalue weighted by molar-refractivity contribution is 0.0997. The number of benzene rings is 1. The minimum Gasteiger partial charge on any atom is -0.324 e. The van der Waals surface area contributed by atoms with E-state index in [0.717, 1.165) is 6.42 Å². The van der Waals surface area contributed by atoms with Crippen molar-refractivity contribution in [2.75, 3.05) is 11.9 Å². The highest BCUT2D eigenvalue weighted by atomic mass is 32.1. The molecule has 2 rings (SSSR count). The minimum atomic E-state index is -0.168. The van der Waals surface area contributed by atoms with Gasteiger partial charge in [-0.25, -0.2) is 0 Å². The standard InChI is InChI=1S/C15H16N2O2S/c1-2-13-7-11(9-20-13)15(19)17-12-5-3-4-10(6-12)14(18)8-16/h3-7,9H,2,8,16H2,1H3,(H,17,19). The molecule has 1 aromatic carbocycles. The van der Waals surface area contributed by atoms with Crippen molar-refractivity contribution in [1.82, 2.24) is 0 Å². The maximum absolute atomic E-state index is 12.1. The molecule has 1 amide bonds. The van der Waals surface area contributed by atoms with Crippen LogP contribution in [0, 0.1) is 0 Å². The molecule has 0 unspecified atom stereocenters. The Balaban J connectivity index is 2.13. The second kappa shape index (κ2) is 6.45. The van der Waals surface area contributed by atoms with E-state index in [4.69, 9.17) is 5.73 Å². The molecular weight excluding hydrogens is 272 g/mol. The molecule has 5 heteroatoms. The van der Waals surface area contributed by atoms with E-state index in [1.165, 1.54) is 4.88 Å². The number of ketones is 1. The molecule has 1 heterocycles. The normalized spacial score (nSPS) is 10.3. The number of hydrogen-bond donors (Lipinski definition) is 2. The Hall–Kier alpha value is -1.98. The summed E-state index contributed by atoms with van der Waals surface area (Å²) < 4.78 is 0. The zero-order valence-corrected chi connectivity index (χ0v) is 12.0. The summed E-state index contributed by atoms with van der Waals surface area (Å²) in [5.41, 5.74) is 7.07. The molecule has 0 aliphatic rings. The topological polar surface area (TPSA) is 72.2 Å². The summed E-state index contributed by atoms with van der Waals surface area (Å²) in [5, 5.41) is 4.63. The summed E-state index contributed by atoms with van der Waals surface area (Å²) in [6.07, 6.45) is 0.915. The summed E-state index contributed by atoms with van der Waals surface area (Å²) in [6.45, 7) is 2.01. The second-order valence-electron chi connectivity index (χ2n) is 4.32. The van der Waals surface area contributed by atoms with Crippen LogP contribution >= 0.6 is 11.3 Å². The van der Waals surface area contributed by atoms with Crippen LogP contribution in [-0.4, -0.2) is 18.2 Å². The first-order valence-electron chi connectivity index (χ1n) is 6.36. The molecule has 4 nitrogen and oxygen atoms in total. The van der Waals surface area contributed by atoms with Gasteiger partial charge in [0.15, 0.2) is 5.78 Å². The Morgan fingerprint density at radius 3 is 2.70 bits per heavy atom. The Labute approximate surface area is 121 Å². The number of Topliss-reactive ketones (excluding diaryl/α,β-unsaturated/α-hetero) is 1. The Bertz CT molecular complexity index is 634. The lowest BCUT2D eigenvalue weighted by atomic mass is 10.1. The van der Waals surface area contributed by atoms with Crippen LogP contribution in [0.4, 0.5) is 5.69 Å². The number of carbonyl (C=O) groups excluding carboxylic acids is 2. The smallest absolute Gasteiger partial charge is 0.256 e. The van der Waals surface area contributed by atoms with E-state index in [0.29, 0.717) is 16.8 Å². The Morgan fingerprint density at radius 1 is 1.25 bits per heavy atom. The van der Waals surface area contributed by atoms with Gasteiger partial charge in [-0.1, -0.05) is 19.1 Å². The summed E-state index contributed by atoms with van der Waals surface area (Å²) >= 11 is 1.57. The van der Waals surface area contributed by atoms with E-state index < -0.39 is 0 Å². The molecule has 0 atom stereocenters. The van der Waals surface area contributed by atoms with E-state index >= 15 is 0 Å². The van der Waals surface area contributed by atoms with Crippen LogP contribution in [0.1, 0.15) is 32.5 Å². The maximum Gasteiger partial charge on any atom is 0.256 e. The predicted molar refractivity (Wildman–Crippen MR) is 81.5 cm³/mol. The fourth-order valence-corrected chi connectivity index (χ4v) is 2.59. The van der Waals surface area contributed by atoms with Gasteiger partial charge in [0.25, 0.3) is 5.91 Å². The lowest BCUT2D eigenvalue weighted by Gasteiger charge is -2.05. The molecule has 0 aliphatic carbocycles. The summed E-state index contributed by atoms with van der Waals surface area (Å²) in [5.74, 6) is -0.316. The van der Waals surface area contributed by atoms with Crippen molar-refractivity contribution in [1.29, 1.82) is 0 Å². The molecule has 0 saturated carbocycles. The van der Waals surface area contributed by atoms with Crippen molar-refractivity contribution in [3.05, 3.63) is 51.7 Å². The number of rotatable bonds is 5. The molecule has 0 bridgehead atoms. The third-order valence-electron chi connectivity index (χ3n) is 2.89. The molecule has 2 aromatic rings. The highest BCUT2D eigenvalue weighted by Crippen LogP contribution is 2.17. The van der Waals surface area contributed by atoms with Crippen molar-refractivity contribution >= 4 is 28.7 Å². The van der Waals surface area contributed by atoms with Gasteiger partial charge in [-0.05, 0) is 24.6 Å². The van der Waals surface area contributed by atoms with E-state index in [1.807, 2.05) is 11.4 Å². The van der Waals surface area contributed by atoms with Crippen LogP contribution in [0.15, 0.2) is 35.7 Å². The SMILES string of the molecule is CCc1cc(C(=O)Nc2cccc(C(=O)CN)c2)cs1. The zero-order valence-electron chi connectivity index (χ0n) is 11.2. The first-order valence-corrected chi connectivity index (χ1v) is 7.24. The number of thiophene rings is 1. The van der Waals surface area contributed by atoms with Crippen LogP contribution in [0.2, 0.25) is 0 Å². The van der Waals surface area contributed by atoms with Gasteiger partial charge in [-0.3, -0.25) is 9.59 Å². The van der Waals surface area contributed by atoms with Crippen LogP contribution in [0.3, 0.4) is 0 Å². The van der Waals surface area contributed by atoms with Crippen LogP contribution in [-0.2, 0) is 6.42 Å². The number of anilines is 1. The predicted octanol–water partition coefficient (Wildman–Crippen LogP) is 2.70. The summed E-state index contributed by atoms with van der Waals surface area (Å²) in [7, 11) is 0. The lowest BCUT2D eigenvalue weighted by Crippen LogP contribution is -2.15. The largest absolute Gasteiger partial charge is 0.324 e. The van der Waals surface area contributed by atoms with E-state index in [-0.39, 0.29) is 18.2 Å². The maximum atomic E-state index is 12.1. The zero-order chi connectivity index (χ0) is 14.5. The fraction of sp³-hybridized carbons (Fsp3) is 0.200. The van der Waals surface area contributed by atoms with Gasteiger partial charge < -0.3 is 11.1 Å². The van der Waals surface area contributed by atoms with Crippen molar-refractivity contribution in [2.45, 2.75) is 13.3 Å². The highest BCUT2D eigenvalue weighted by Gasteiger charge is 2.10. The number of aryl methyl sites for hydroxylation is 1. The average Bonchev–Trinajstić information content (AvgIpc) is 2.95. The molecule has 1 aromatic heterocycles. The quantitative estimate of drug-likeness (QED) is 0.831. The van der Waals surface area contributed by atoms with Crippen molar-refractivity contribution < 1.29 is 9.59 Å². The van der Waals surface area contributed by atoms with Crippen molar-refractivity contribution in [3.8, 4) is 0 Å². The molecule has 0 spiro atoms. The van der Waals surface area contributed by atoms with E-state index in [2.05, 4.69) is 12.2 Å². The first kappa shape index (κ1) is 14.4. The van der Waals surface area contributed by atoms with Gasteiger partial charge in [0.05, 0.1) is 12.1 Å². The van der Waals surface area contributed by atoms with Gasteiger partial charge in [-0.15, -0.1) is 11.3 Å². The van der Waals surface area contributed by atoms with Crippen LogP contribution < -0.4 is 11.1 Å².